The SMILES string of the molecule is C=CC1CCC(N=C2N(CC)C(=O)C3N=C(Cc4ccccc4)N(Cc4ccccc4)C3N2CC)C1C=C. The summed E-state index contributed by atoms with van der Waals surface area (Å²) < 4.78 is 0. The highest BCUT2D eigenvalue weighted by molar-refractivity contribution is 6.05. The third kappa shape index (κ3) is 4.80. The highest BCUT2D eigenvalue weighted by Gasteiger charge is 2.51. The van der Waals surface area contributed by atoms with Gasteiger partial charge in [-0.1, -0.05) is 72.8 Å². The molecule has 2 heterocycles. The van der Waals surface area contributed by atoms with E-state index >= 15 is 0 Å². The molecule has 1 aliphatic carbocycles. The standard InChI is InChI=1S/C32H39N5O/c1-5-25-19-20-27(26(25)6-2)33-32-35(7-3)30-29(31(38)36(32)8-4)34-28(21-23-15-11-9-12-16-23)37(30)22-24-17-13-10-14-18-24/h5-6,9-18,25-27,29-30H,1-2,7-8,19-22H2,3-4H3. The molecule has 3 aliphatic rings. The highest BCUT2D eigenvalue weighted by Crippen LogP contribution is 2.37. The summed E-state index contributed by atoms with van der Waals surface area (Å²) in [5, 5.41) is 0. The zero-order chi connectivity index (χ0) is 26.6. The van der Waals surface area contributed by atoms with E-state index in [1.165, 1.54) is 11.1 Å². The number of likely N-dealkylation sites (N-methyl/N-ethyl adjacent to an activating group) is 2. The monoisotopic (exact) mass is 509 g/mol. The number of aliphatic imine (C=N–C) groups is 2. The summed E-state index contributed by atoms with van der Waals surface area (Å²) in [7, 11) is 0. The van der Waals surface area contributed by atoms with Gasteiger partial charge in [-0.25, -0.2) is 4.99 Å². The van der Waals surface area contributed by atoms with Gasteiger partial charge in [0.15, 0.2) is 6.04 Å². The lowest BCUT2D eigenvalue weighted by molar-refractivity contribution is -0.133. The van der Waals surface area contributed by atoms with E-state index in [0.29, 0.717) is 25.4 Å². The van der Waals surface area contributed by atoms with Crippen molar-refractivity contribution < 1.29 is 4.79 Å². The minimum Gasteiger partial charge on any atom is -0.333 e. The number of amidine groups is 1. The second kappa shape index (κ2) is 11.4. The van der Waals surface area contributed by atoms with Crippen LogP contribution in [0.15, 0.2) is 96.0 Å². The molecule has 2 fully saturated rings. The molecule has 2 aromatic rings. The first-order valence-electron chi connectivity index (χ1n) is 13.9. The molecule has 198 valence electrons. The van der Waals surface area contributed by atoms with Gasteiger partial charge in [-0.2, -0.15) is 0 Å². The number of allylic oxidation sites excluding steroid dienone is 1. The van der Waals surface area contributed by atoms with Crippen LogP contribution >= 0.6 is 0 Å². The maximum Gasteiger partial charge on any atom is 0.258 e. The van der Waals surface area contributed by atoms with Gasteiger partial charge in [-0.15, -0.1) is 13.2 Å². The first-order chi connectivity index (χ1) is 18.6. The lowest BCUT2D eigenvalue weighted by Crippen LogP contribution is -2.67. The van der Waals surface area contributed by atoms with Gasteiger partial charge in [0.2, 0.25) is 5.96 Å². The van der Waals surface area contributed by atoms with Gasteiger partial charge in [-0.3, -0.25) is 14.7 Å². The number of nitrogens with zero attached hydrogens (tertiary/aromatic N) is 5. The zero-order valence-corrected chi connectivity index (χ0v) is 22.6. The van der Waals surface area contributed by atoms with Crippen molar-refractivity contribution in [1.82, 2.24) is 14.7 Å². The van der Waals surface area contributed by atoms with Gasteiger partial charge < -0.3 is 9.80 Å². The summed E-state index contributed by atoms with van der Waals surface area (Å²) >= 11 is 0. The Morgan fingerprint density at radius 2 is 1.61 bits per heavy atom. The summed E-state index contributed by atoms with van der Waals surface area (Å²) in [5.74, 6) is 2.38. The molecule has 2 aromatic carbocycles. The van der Waals surface area contributed by atoms with E-state index in [1.54, 1.807) is 0 Å². The molecule has 1 amide bonds. The van der Waals surface area contributed by atoms with Crippen LogP contribution in [0.2, 0.25) is 0 Å². The van der Waals surface area contributed by atoms with Crippen LogP contribution in [0.5, 0.6) is 0 Å². The van der Waals surface area contributed by atoms with Crippen molar-refractivity contribution in [2.75, 3.05) is 13.1 Å². The fourth-order valence-electron chi connectivity index (χ4n) is 6.28. The molecule has 6 nitrogen and oxygen atoms in total. The number of amides is 1. The summed E-state index contributed by atoms with van der Waals surface area (Å²) in [5.41, 5.74) is 2.39. The molecule has 5 unspecified atom stereocenters. The highest BCUT2D eigenvalue weighted by atomic mass is 16.2. The quantitative estimate of drug-likeness (QED) is 0.440. The summed E-state index contributed by atoms with van der Waals surface area (Å²) in [6.07, 6.45) is 6.55. The van der Waals surface area contributed by atoms with Crippen molar-refractivity contribution in [3.8, 4) is 0 Å². The molecular weight excluding hydrogens is 470 g/mol. The Morgan fingerprint density at radius 1 is 0.921 bits per heavy atom. The first-order valence-corrected chi connectivity index (χ1v) is 13.9. The topological polar surface area (TPSA) is 51.5 Å². The Labute approximate surface area is 227 Å². The largest absolute Gasteiger partial charge is 0.333 e. The van der Waals surface area contributed by atoms with Crippen molar-refractivity contribution in [3.05, 3.63) is 97.1 Å². The number of benzene rings is 2. The van der Waals surface area contributed by atoms with Crippen molar-refractivity contribution in [1.29, 1.82) is 0 Å². The van der Waals surface area contributed by atoms with Crippen LogP contribution in [0.4, 0.5) is 0 Å². The summed E-state index contributed by atoms with van der Waals surface area (Å²) in [6.45, 7) is 14.3. The summed E-state index contributed by atoms with van der Waals surface area (Å²) in [6, 6.07) is 20.5. The molecule has 0 N–H and O–H groups in total. The van der Waals surface area contributed by atoms with Gasteiger partial charge in [0.1, 0.15) is 12.0 Å². The normalized spacial score (nSPS) is 28.0. The third-order valence-corrected chi connectivity index (χ3v) is 8.21. The average Bonchev–Trinajstić information content (AvgIpc) is 3.51. The van der Waals surface area contributed by atoms with E-state index < -0.39 is 6.04 Å². The fraction of sp³-hybridized carbons (Fsp3) is 0.406. The third-order valence-electron chi connectivity index (χ3n) is 8.21. The van der Waals surface area contributed by atoms with Gasteiger partial charge in [0.05, 0.1) is 6.04 Å². The Balaban J connectivity index is 1.55. The average molecular weight is 510 g/mol. The maximum absolute atomic E-state index is 14.0. The molecule has 0 spiro atoms. The van der Waals surface area contributed by atoms with Crippen molar-refractivity contribution in [3.63, 3.8) is 0 Å². The van der Waals surface area contributed by atoms with Gasteiger partial charge in [-0.05, 0) is 43.7 Å². The number of hydrogen-bond acceptors (Lipinski definition) is 4. The molecule has 5 rings (SSSR count). The molecule has 6 heteroatoms. The maximum atomic E-state index is 14.0. The minimum atomic E-state index is -0.476. The lowest BCUT2D eigenvalue weighted by atomic mass is 9.94. The Morgan fingerprint density at radius 3 is 2.21 bits per heavy atom. The lowest BCUT2D eigenvalue weighted by Gasteiger charge is -2.47. The Kier molecular flexibility index (Phi) is 7.77. The molecule has 5 atom stereocenters. The van der Waals surface area contributed by atoms with Crippen molar-refractivity contribution >= 4 is 17.7 Å². The van der Waals surface area contributed by atoms with Gasteiger partial charge >= 0.3 is 0 Å². The second-order valence-corrected chi connectivity index (χ2v) is 10.3. The Hall–Kier alpha value is -3.67. The van der Waals surface area contributed by atoms with Crippen LogP contribution in [-0.2, 0) is 17.8 Å². The van der Waals surface area contributed by atoms with Crippen LogP contribution < -0.4 is 0 Å². The molecule has 2 aliphatic heterocycles. The zero-order valence-electron chi connectivity index (χ0n) is 22.6. The fourth-order valence-corrected chi connectivity index (χ4v) is 6.28. The van der Waals surface area contributed by atoms with E-state index in [-0.39, 0.29) is 24.0 Å². The molecule has 0 aromatic heterocycles. The number of guanidine groups is 1. The van der Waals surface area contributed by atoms with Crippen LogP contribution in [0.1, 0.15) is 37.8 Å². The van der Waals surface area contributed by atoms with E-state index in [4.69, 9.17) is 9.98 Å². The van der Waals surface area contributed by atoms with Crippen molar-refractivity contribution in [2.24, 2.45) is 21.8 Å². The van der Waals surface area contributed by atoms with E-state index in [1.807, 2.05) is 36.1 Å². The van der Waals surface area contributed by atoms with Gasteiger partial charge in [0.25, 0.3) is 5.91 Å². The first kappa shape index (κ1) is 26.0. The molecule has 1 saturated heterocycles. The predicted octanol–water partition coefficient (Wildman–Crippen LogP) is 5.14. The summed E-state index contributed by atoms with van der Waals surface area (Å²) in [4.78, 5) is 30.9. The van der Waals surface area contributed by atoms with Crippen molar-refractivity contribution in [2.45, 2.75) is 57.9 Å². The van der Waals surface area contributed by atoms with Crippen LogP contribution in [0, 0.1) is 11.8 Å². The molecule has 38 heavy (non-hydrogen) atoms. The number of fused-ring (bicyclic) bond motifs is 1. The van der Waals surface area contributed by atoms with E-state index in [2.05, 4.69) is 78.4 Å². The van der Waals surface area contributed by atoms with Crippen LogP contribution in [-0.4, -0.2) is 63.7 Å². The van der Waals surface area contributed by atoms with Gasteiger partial charge in [0, 0.05) is 32.0 Å². The number of rotatable bonds is 9. The van der Waals surface area contributed by atoms with E-state index in [0.717, 1.165) is 31.2 Å². The molecule has 1 saturated carbocycles. The number of hydrogen-bond donors (Lipinski definition) is 0. The molecule has 0 radical (unpaired) electrons. The van der Waals surface area contributed by atoms with Crippen LogP contribution in [0.25, 0.3) is 0 Å². The minimum absolute atomic E-state index is 0.0375. The number of carbonyl (C=O) groups excluding carboxylic acids is 1. The van der Waals surface area contributed by atoms with E-state index in [9.17, 15) is 4.79 Å². The number of carbonyl (C=O) groups is 1. The predicted molar refractivity (Wildman–Crippen MR) is 155 cm³/mol. The molecule has 0 bridgehead atoms. The Bertz CT molecular complexity index is 1210. The second-order valence-electron chi connectivity index (χ2n) is 10.3. The smallest absolute Gasteiger partial charge is 0.258 e. The van der Waals surface area contributed by atoms with Crippen LogP contribution in [0.3, 0.4) is 0 Å². The molecular formula is C32H39N5O.